The highest BCUT2D eigenvalue weighted by Crippen LogP contribution is 2.30. The highest BCUT2D eigenvalue weighted by atomic mass is 16.5. The number of aromatic nitrogens is 4. The molecule has 1 fully saturated rings. The zero-order chi connectivity index (χ0) is 19.5. The van der Waals surface area contributed by atoms with Crippen molar-refractivity contribution in [3.8, 4) is 17.1 Å². The first kappa shape index (κ1) is 18.6. The molecular weight excluding hydrogens is 358 g/mol. The Hall–Kier alpha value is -2.71. The van der Waals surface area contributed by atoms with Gasteiger partial charge >= 0.3 is 0 Å². The summed E-state index contributed by atoms with van der Waals surface area (Å²) in [5.74, 6) is 1.93. The van der Waals surface area contributed by atoms with Crippen LogP contribution in [0.15, 0.2) is 30.6 Å². The third-order valence-corrected chi connectivity index (χ3v) is 5.04. The van der Waals surface area contributed by atoms with Gasteiger partial charge in [0.15, 0.2) is 0 Å². The number of ether oxygens (including phenoxy) is 2. The molecule has 0 radical (unpaired) electrons. The molecule has 8 heteroatoms. The summed E-state index contributed by atoms with van der Waals surface area (Å²) in [5.41, 5.74) is 2.44. The fourth-order valence-electron chi connectivity index (χ4n) is 3.60. The number of aromatic amines is 1. The molecule has 28 heavy (non-hydrogen) atoms. The number of fused-ring (bicyclic) bond motifs is 1. The van der Waals surface area contributed by atoms with Gasteiger partial charge in [0.25, 0.3) is 0 Å². The fraction of sp³-hybridized carbons (Fsp3) is 0.450. The predicted octanol–water partition coefficient (Wildman–Crippen LogP) is 2.25. The number of H-pyrrole nitrogens is 1. The number of methoxy groups -OCH3 is 1. The van der Waals surface area contributed by atoms with Crippen molar-refractivity contribution in [3.63, 3.8) is 0 Å². The van der Waals surface area contributed by atoms with E-state index in [1.807, 2.05) is 31.2 Å². The minimum Gasteiger partial charge on any atom is -0.488 e. The lowest BCUT2D eigenvalue weighted by atomic mass is 10.1. The summed E-state index contributed by atoms with van der Waals surface area (Å²) < 4.78 is 11.1. The average Bonchev–Trinajstić information content (AvgIpc) is 3.35. The van der Waals surface area contributed by atoms with Gasteiger partial charge in [-0.05, 0) is 31.5 Å². The van der Waals surface area contributed by atoms with Crippen LogP contribution in [0.5, 0.6) is 5.75 Å². The lowest BCUT2D eigenvalue weighted by Crippen LogP contribution is -2.21. The second-order valence-corrected chi connectivity index (χ2v) is 7.21. The van der Waals surface area contributed by atoms with E-state index < -0.39 is 0 Å². The van der Waals surface area contributed by atoms with Gasteiger partial charge in [0.05, 0.1) is 17.8 Å². The van der Waals surface area contributed by atoms with Crippen LogP contribution in [0.1, 0.15) is 13.3 Å². The Bertz CT molecular complexity index is 944. The van der Waals surface area contributed by atoms with E-state index in [1.165, 1.54) is 0 Å². The Labute approximate surface area is 163 Å². The summed E-state index contributed by atoms with van der Waals surface area (Å²) in [5, 5.41) is 17.9. The van der Waals surface area contributed by atoms with Crippen LogP contribution in [0.25, 0.3) is 22.3 Å². The largest absolute Gasteiger partial charge is 0.488 e. The van der Waals surface area contributed by atoms with Crippen LogP contribution in [-0.4, -0.2) is 64.8 Å². The molecule has 0 aliphatic carbocycles. The Morgan fingerprint density at radius 2 is 2.21 bits per heavy atom. The van der Waals surface area contributed by atoms with Crippen molar-refractivity contribution in [1.29, 1.82) is 0 Å². The molecule has 4 rings (SSSR count). The topological polar surface area (TPSA) is 96.4 Å². The number of nitrogens with one attached hydrogen (secondary N) is 1. The summed E-state index contributed by atoms with van der Waals surface area (Å²) in [4.78, 5) is 11.0. The number of nitrogens with zero attached hydrogens (tertiary/aromatic N) is 4. The molecule has 148 valence electrons. The molecule has 2 N–H and O–H groups in total. The standard InChI is InChI=1S/C20H25N5O3/c1-13(11-27-2)28-15-3-4-17-16(7-15)20(24-23-17)18-8-19(22-12-21-18)25-6-5-14(9-25)10-26/h3-4,7-8,12-14,26H,5-6,9-11H2,1-2H3,(H,23,24)/t13-,14-/m0/s1. The van der Waals surface area contributed by atoms with E-state index in [9.17, 15) is 5.11 Å². The summed E-state index contributed by atoms with van der Waals surface area (Å²) in [6.45, 7) is 4.40. The quantitative estimate of drug-likeness (QED) is 0.646. The van der Waals surface area contributed by atoms with Gasteiger partial charge < -0.3 is 19.5 Å². The third kappa shape index (κ3) is 3.79. The molecule has 0 bridgehead atoms. The maximum Gasteiger partial charge on any atom is 0.132 e. The smallest absolute Gasteiger partial charge is 0.132 e. The van der Waals surface area contributed by atoms with E-state index in [-0.39, 0.29) is 12.7 Å². The molecule has 1 aliphatic heterocycles. The number of anilines is 1. The molecule has 2 atom stereocenters. The molecule has 3 aromatic rings. The van der Waals surface area contributed by atoms with Gasteiger partial charge in [-0.1, -0.05) is 0 Å². The molecule has 0 unspecified atom stereocenters. The lowest BCUT2D eigenvalue weighted by molar-refractivity contribution is 0.0922. The Morgan fingerprint density at radius 1 is 1.32 bits per heavy atom. The van der Waals surface area contributed by atoms with Gasteiger partial charge in [-0.15, -0.1) is 0 Å². The normalized spacial score (nSPS) is 18.0. The van der Waals surface area contributed by atoms with E-state index in [4.69, 9.17) is 9.47 Å². The van der Waals surface area contributed by atoms with Crippen molar-refractivity contribution in [2.75, 3.05) is 38.3 Å². The first-order valence-corrected chi connectivity index (χ1v) is 9.50. The average molecular weight is 383 g/mol. The summed E-state index contributed by atoms with van der Waals surface area (Å²) in [6.07, 6.45) is 2.50. The van der Waals surface area contributed by atoms with Gasteiger partial charge in [0, 0.05) is 44.2 Å². The van der Waals surface area contributed by atoms with Crippen molar-refractivity contribution in [3.05, 3.63) is 30.6 Å². The number of rotatable bonds is 7. The SMILES string of the molecule is COC[C@H](C)Oc1ccc2[nH]nc(-c3cc(N4CC[C@H](CO)C4)ncn3)c2c1. The van der Waals surface area contributed by atoms with Crippen molar-refractivity contribution >= 4 is 16.7 Å². The summed E-state index contributed by atoms with van der Waals surface area (Å²) >= 11 is 0. The monoisotopic (exact) mass is 383 g/mol. The van der Waals surface area contributed by atoms with Gasteiger partial charge in [0.1, 0.15) is 29.7 Å². The molecule has 1 saturated heterocycles. The minimum absolute atomic E-state index is 0.0434. The molecule has 8 nitrogen and oxygen atoms in total. The second-order valence-electron chi connectivity index (χ2n) is 7.21. The molecule has 0 amide bonds. The summed E-state index contributed by atoms with van der Waals surface area (Å²) in [6, 6.07) is 7.80. The van der Waals surface area contributed by atoms with Gasteiger partial charge in [-0.3, -0.25) is 5.10 Å². The molecule has 3 heterocycles. The van der Waals surface area contributed by atoms with E-state index in [1.54, 1.807) is 13.4 Å². The Kier molecular flexibility index (Phi) is 5.40. The predicted molar refractivity (Wildman–Crippen MR) is 106 cm³/mol. The van der Waals surface area contributed by atoms with Crippen LogP contribution in [0, 0.1) is 5.92 Å². The molecule has 0 spiro atoms. The van der Waals surface area contributed by atoms with Crippen molar-refractivity contribution in [1.82, 2.24) is 20.2 Å². The first-order chi connectivity index (χ1) is 13.7. The molecule has 0 saturated carbocycles. The van der Waals surface area contributed by atoms with Crippen molar-refractivity contribution in [2.24, 2.45) is 5.92 Å². The van der Waals surface area contributed by atoms with E-state index in [0.29, 0.717) is 12.5 Å². The fourth-order valence-corrected chi connectivity index (χ4v) is 3.60. The zero-order valence-corrected chi connectivity index (χ0v) is 16.1. The highest BCUT2D eigenvalue weighted by Gasteiger charge is 2.23. The van der Waals surface area contributed by atoms with Gasteiger partial charge in [-0.2, -0.15) is 5.10 Å². The molecular formula is C20H25N5O3. The van der Waals surface area contributed by atoms with Crippen LogP contribution >= 0.6 is 0 Å². The number of aliphatic hydroxyl groups excluding tert-OH is 1. The summed E-state index contributed by atoms with van der Waals surface area (Å²) in [7, 11) is 1.66. The maximum atomic E-state index is 9.38. The van der Waals surface area contributed by atoms with Crippen LogP contribution in [0.4, 0.5) is 5.82 Å². The lowest BCUT2D eigenvalue weighted by Gasteiger charge is -2.17. The first-order valence-electron chi connectivity index (χ1n) is 9.50. The van der Waals surface area contributed by atoms with Crippen LogP contribution in [0.3, 0.4) is 0 Å². The maximum absolute atomic E-state index is 9.38. The van der Waals surface area contributed by atoms with Crippen LogP contribution < -0.4 is 9.64 Å². The third-order valence-electron chi connectivity index (χ3n) is 5.04. The molecule has 1 aromatic carbocycles. The highest BCUT2D eigenvalue weighted by molar-refractivity contribution is 5.93. The van der Waals surface area contributed by atoms with Crippen LogP contribution in [0.2, 0.25) is 0 Å². The van der Waals surface area contributed by atoms with E-state index in [2.05, 4.69) is 25.1 Å². The van der Waals surface area contributed by atoms with Gasteiger partial charge in [0.2, 0.25) is 0 Å². The minimum atomic E-state index is -0.0434. The van der Waals surface area contributed by atoms with Gasteiger partial charge in [-0.25, -0.2) is 9.97 Å². The number of aliphatic hydroxyl groups is 1. The molecule has 2 aromatic heterocycles. The van der Waals surface area contributed by atoms with Crippen molar-refractivity contribution < 1.29 is 14.6 Å². The number of benzene rings is 1. The van der Waals surface area contributed by atoms with Crippen LogP contribution in [-0.2, 0) is 4.74 Å². The second kappa shape index (κ2) is 8.12. The Balaban J connectivity index is 1.63. The van der Waals surface area contributed by atoms with E-state index in [0.717, 1.165) is 53.4 Å². The number of hydrogen-bond donors (Lipinski definition) is 2. The van der Waals surface area contributed by atoms with Crippen molar-refractivity contribution in [2.45, 2.75) is 19.4 Å². The molecule has 1 aliphatic rings. The van der Waals surface area contributed by atoms with E-state index >= 15 is 0 Å². The number of hydrogen-bond acceptors (Lipinski definition) is 7. The Morgan fingerprint density at radius 3 is 3.00 bits per heavy atom. The zero-order valence-electron chi connectivity index (χ0n) is 16.1.